The van der Waals surface area contributed by atoms with Gasteiger partial charge in [-0.3, -0.25) is 4.79 Å². The minimum atomic E-state index is -0.277. The molecule has 100 valence electrons. The highest BCUT2D eigenvalue weighted by Gasteiger charge is 2.29. The van der Waals surface area contributed by atoms with E-state index in [0.717, 1.165) is 4.88 Å². The molecule has 1 aliphatic rings. The molecule has 0 radical (unpaired) electrons. The maximum absolute atomic E-state index is 12.1. The standard InChI is InChI=1S/C13H14N2O3S/c1-7-11(12(17)14-8-5-9(16)6-8)15-13(19-7)10-3-2-4-18-10/h2-4,8-9,16H,5-6H2,1H3,(H,14,17). The normalized spacial score (nSPS) is 22.0. The summed E-state index contributed by atoms with van der Waals surface area (Å²) in [6.07, 6.45) is 2.56. The van der Waals surface area contributed by atoms with E-state index in [1.807, 2.05) is 13.0 Å². The largest absolute Gasteiger partial charge is 0.462 e. The molecule has 3 rings (SSSR count). The summed E-state index contributed by atoms with van der Waals surface area (Å²) >= 11 is 1.44. The van der Waals surface area contributed by atoms with Crippen molar-refractivity contribution in [2.75, 3.05) is 0 Å². The quantitative estimate of drug-likeness (QED) is 0.900. The van der Waals surface area contributed by atoms with E-state index in [0.29, 0.717) is 29.3 Å². The summed E-state index contributed by atoms with van der Waals surface area (Å²) in [4.78, 5) is 17.3. The van der Waals surface area contributed by atoms with Crippen LogP contribution in [0.1, 0.15) is 28.2 Å². The molecule has 0 aromatic carbocycles. The van der Waals surface area contributed by atoms with E-state index in [1.165, 1.54) is 11.3 Å². The zero-order valence-corrected chi connectivity index (χ0v) is 11.2. The van der Waals surface area contributed by atoms with Crippen LogP contribution in [0.25, 0.3) is 10.8 Å². The van der Waals surface area contributed by atoms with Crippen molar-refractivity contribution in [3.05, 3.63) is 29.0 Å². The molecule has 2 aromatic heterocycles. The summed E-state index contributed by atoms with van der Waals surface area (Å²) in [5, 5.41) is 12.8. The van der Waals surface area contributed by atoms with E-state index in [4.69, 9.17) is 4.42 Å². The van der Waals surface area contributed by atoms with Crippen molar-refractivity contribution in [2.45, 2.75) is 31.9 Å². The number of aliphatic hydroxyl groups excluding tert-OH is 1. The van der Waals surface area contributed by atoms with E-state index in [9.17, 15) is 9.90 Å². The van der Waals surface area contributed by atoms with E-state index in [-0.39, 0.29) is 18.1 Å². The summed E-state index contributed by atoms with van der Waals surface area (Å²) in [7, 11) is 0. The Morgan fingerprint density at radius 1 is 1.58 bits per heavy atom. The monoisotopic (exact) mass is 278 g/mol. The molecule has 19 heavy (non-hydrogen) atoms. The molecule has 0 spiro atoms. The lowest BCUT2D eigenvalue weighted by Gasteiger charge is -2.31. The van der Waals surface area contributed by atoms with Gasteiger partial charge >= 0.3 is 0 Å². The number of nitrogens with zero attached hydrogens (tertiary/aromatic N) is 1. The van der Waals surface area contributed by atoms with Gasteiger partial charge in [0.05, 0.1) is 12.4 Å². The number of aryl methyl sites for hydroxylation is 1. The van der Waals surface area contributed by atoms with Crippen LogP contribution in [0.3, 0.4) is 0 Å². The number of hydrogen-bond donors (Lipinski definition) is 2. The number of aliphatic hydroxyl groups is 1. The number of rotatable bonds is 3. The second-order valence-electron chi connectivity index (χ2n) is 4.70. The second-order valence-corrected chi connectivity index (χ2v) is 5.90. The summed E-state index contributed by atoms with van der Waals surface area (Å²) in [6.45, 7) is 1.87. The molecule has 2 heterocycles. The lowest BCUT2D eigenvalue weighted by molar-refractivity contribution is 0.0560. The smallest absolute Gasteiger partial charge is 0.271 e. The average Bonchev–Trinajstić information content (AvgIpc) is 2.95. The molecule has 0 unspecified atom stereocenters. The highest BCUT2D eigenvalue weighted by molar-refractivity contribution is 7.15. The summed E-state index contributed by atoms with van der Waals surface area (Å²) in [5.74, 6) is 0.495. The minimum absolute atomic E-state index is 0.0654. The van der Waals surface area contributed by atoms with Gasteiger partial charge in [0, 0.05) is 10.9 Å². The highest BCUT2D eigenvalue weighted by Crippen LogP contribution is 2.28. The Labute approximate surface area is 114 Å². The van der Waals surface area contributed by atoms with Gasteiger partial charge in [0.1, 0.15) is 5.69 Å². The van der Waals surface area contributed by atoms with Gasteiger partial charge < -0.3 is 14.8 Å². The fourth-order valence-electron chi connectivity index (χ4n) is 2.07. The van der Waals surface area contributed by atoms with Gasteiger partial charge in [-0.1, -0.05) is 0 Å². The predicted octanol–water partition coefficient (Wildman–Crippen LogP) is 1.96. The van der Waals surface area contributed by atoms with Crippen LogP contribution in [0.5, 0.6) is 0 Å². The summed E-state index contributed by atoms with van der Waals surface area (Å²) < 4.78 is 5.28. The first kappa shape index (κ1) is 12.4. The Hall–Kier alpha value is -1.66. The van der Waals surface area contributed by atoms with E-state index in [2.05, 4.69) is 10.3 Å². The Morgan fingerprint density at radius 3 is 3.00 bits per heavy atom. The van der Waals surface area contributed by atoms with E-state index < -0.39 is 0 Å². The van der Waals surface area contributed by atoms with Gasteiger partial charge in [0.2, 0.25) is 0 Å². The molecule has 1 aliphatic carbocycles. The molecule has 0 aliphatic heterocycles. The van der Waals surface area contributed by atoms with Crippen molar-refractivity contribution in [1.82, 2.24) is 10.3 Å². The van der Waals surface area contributed by atoms with Crippen LogP contribution >= 0.6 is 11.3 Å². The third kappa shape index (κ3) is 2.41. The van der Waals surface area contributed by atoms with Crippen LogP contribution in [-0.2, 0) is 0 Å². The van der Waals surface area contributed by atoms with Crippen LogP contribution < -0.4 is 5.32 Å². The first-order chi connectivity index (χ1) is 9.13. The number of amides is 1. The van der Waals surface area contributed by atoms with E-state index in [1.54, 1.807) is 12.3 Å². The van der Waals surface area contributed by atoms with Crippen molar-refractivity contribution < 1.29 is 14.3 Å². The number of furan rings is 1. The van der Waals surface area contributed by atoms with Gasteiger partial charge in [0.25, 0.3) is 5.91 Å². The highest BCUT2D eigenvalue weighted by atomic mass is 32.1. The SMILES string of the molecule is Cc1sc(-c2ccco2)nc1C(=O)NC1CC(O)C1. The molecular formula is C13H14N2O3S. The van der Waals surface area contributed by atoms with Crippen molar-refractivity contribution in [3.8, 4) is 10.8 Å². The third-order valence-electron chi connectivity index (χ3n) is 3.19. The Morgan fingerprint density at radius 2 is 2.37 bits per heavy atom. The molecule has 0 bridgehead atoms. The number of carbonyl (C=O) groups is 1. The fourth-order valence-corrected chi connectivity index (χ4v) is 2.95. The number of aromatic nitrogens is 1. The van der Waals surface area contributed by atoms with Gasteiger partial charge in [0.15, 0.2) is 10.8 Å². The lowest BCUT2D eigenvalue weighted by atomic mass is 9.89. The van der Waals surface area contributed by atoms with E-state index >= 15 is 0 Å². The summed E-state index contributed by atoms with van der Waals surface area (Å²) in [6, 6.07) is 3.68. The fraction of sp³-hybridized carbons (Fsp3) is 0.385. The maximum Gasteiger partial charge on any atom is 0.271 e. The van der Waals surface area contributed by atoms with Crippen LogP contribution in [-0.4, -0.2) is 28.1 Å². The number of hydrogen-bond acceptors (Lipinski definition) is 5. The van der Waals surface area contributed by atoms with Crippen molar-refractivity contribution >= 4 is 17.2 Å². The third-order valence-corrected chi connectivity index (χ3v) is 4.18. The molecule has 2 aromatic rings. The molecule has 1 amide bonds. The van der Waals surface area contributed by atoms with Crippen molar-refractivity contribution in [2.24, 2.45) is 0 Å². The average molecular weight is 278 g/mol. The van der Waals surface area contributed by atoms with Crippen LogP contribution in [0, 0.1) is 6.92 Å². The minimum Gasteiger partial charge on any atom is -0.462 e. The Balaban J connectivity index is 1.75. The molecule has 6 heteroatoms. The maximum atomic E-state index is 12.1. The second kappa shape index (κ2) is 4.79. The molecule has 0 atom stereocenters. The zero-order chi connectivity index (χ0) is 13.4. The molecular weight excluding hydrogens is 264 g/mol. The van der Waals surface area contributed by atoms with Gasteiger partial charge in [-0.2, -0.15) is 0 Å². The predicted molar refractivity (Wildman–Crippen MR) is 71.0 cm³/mol. The first-order valence-electron chi connectivity index (χ1n) is 6.13. The first-order valence-corrected chi connectivity index (χ1v) is 6.95. The Kier molecular flexibility index (Phi) is 3.12. The molecule has 2 N–H and O–H groups in total. The number of carbonyl (C=O) groups excluding carboxylic acids is 1. The number of nitrogens with one attached hydrogen (secondary N) is 1. The van der Waals surface area contributed by atoms with Gasteiger partial charge in [-0.25, -0.2) is 4.98 Å². The van der Waals surface area contributed by atoms with Crippen molar-refractivity contribution in [3.63, 3.8) is 0 Å². The van der Waals surface area contributed by atoms with Gasteiger partial charge in [-0.15, -0.1) is 11.3 Å². The molecule has 5 nitrogen and oxygen atoms in total. The van der Waals surface area contributed by atoms with Crippen molar-refractivity contribution in [1.29, 1.82) is 0 Å². The van der Waals surface area contributed by atoms with Crippen LogP contribution in [0.2, 0.25) is 0 Å². The Bertz CT molecular complexity index is 585. The molecule has 0 saturated heterocycles. The summed E-state index contributed by atoms with van der Waals surface area (Å²) in [5.41, 5.74) is 0.442. The molecule has 1 saturated carbocycles. The van der Waals surface area contributed by atoms with Crippen LogP contribution in [0.4, 0.5) is 0 Å². The topological polar surface area (TPSA) is 75.4 Å². The zero-order valence-electron chi connectivity index (χ0n) is 10.4. The number of thiazole rings is 1. The van der Waals surface area contributed by atoms with Gasteiger partial charge in [-0.05, 0) is 31.9 Å². The molecule has 1 fully saturated rings. The van der Waals surface area contributed by atoms with Crippen LogP contribution in [0.15, 0.2) is 22.8 Å². The lowest BCUT2D eigenvalue weighted by Crippen LogP contribution is -2.46.